The summed E-state index contributed by atoms with van der Waals surface area (Å²) in [5.41, 5.74) is 19.7. The van der Waals surface area contributed by atoms with E-state index in [9.17, 15) is 15.0 Å². The molecule has 254 valence electrons. The van der Waals surface area contributed by atoms with Gasteiger partial charge in [0.2, 0.25) is 0 Å². The molecule has 0 saturated carbocycles. The Morgan fingerprint density at radius 2 is 1.90 bits per heavy atom. The summed E-state index contributed by atoms with van der Waals surface area (Å²) in [4.78, 5) is 13.0. The van der Waals surface area contributed by atoms with Gasteiger partial charge in [0.15, 0.2) is 0 Å². The predicted octanol–water partition coefficient (Wildman–Crippen LogP) is 6.29. The van der Waals surface area contributed by atoms with E-state index in [1.165, 1.54) is 7.11 Å². The third-order valence-electron chi connectivity index (χ3n) is 9.57. The van der Waals surface area contributed by atoms with Crippen LogP contribution in [0.4, 0.5) is 0 Å². The van der Waals surface area contributed by atoms with Gasteiger partial charge in [-0.05, 0) is 87.1 Å². The summed E-state index contributed by atoms with van der Waals surface area (Å²) < 4.78 is 15.2. The number of esters is 1. The third kappa shape index (κ3) is 6.43. The van der Waals surface area contributed by atoms with Crippen molar-refractivity contribution in [3.05, 3.63) is 81.8 Å². The van der Waals surface area contributed by atoms with Crippen molar-refractivity contribution in [2.24, 2.45) is 11.5 Å². The molecular weight excluding hydrogens is 630 g/mol. The van der Waals surface area contributed by atoms with E-state index in [1.54, 1.807) is 0 Å². The Kier molecular flexibility index (Phi) is 10.1. The normalized spacial score (nSPS) is 15.7. The minimum Gasteiger partial charge on any atom is -0.507 e. The number of fused-ring (bicyclic) bond motifs is 3. The van der Waals surface area contributed by atoms with E-state index in [0.717, 1.165) is 68.2 Å². The van der Waals surface area contributed by atoms with Crippen LogP contribution in [0.2, 0.25) is 5.02 Å². The van der Waals surface area contributed by atoms with Crippen molar-refractivity contribution >= 4 is 39.2 Å². The zero-order valence-electron chi connectivity index (χ0n) is 27.7. The molecule has 3 atom stereocenters. The molecule has 0 fully saturated rings. The molecule has 3 heterocycles. The average Bonchev–Trinajstić information content (AvgIpc) is 3.70. The summed E-state index contributed by atoms with van der Waals surface area (Å²) in [7, 11) is 1.37. The highest BCUT2D eigenvalue weighted by atomic mass is 35.5. The molecule has 6 N–H and O–H groups in total. The van der Waals surface area contributed by atoms with E-state index >= 15 is 0 Å². The number of nitrogens with two attached hydrogens (primary N) is 2. The van der Waals surface area contributed by atoms with Crippen LogP contribution in [-0.4, -0.2) is 56.3 Å². The van der Waals surface area contributed by atoms with Gasteiger partial charge < -0.3 is 35.7 Å². The summed E-state index contributed by atoms with van der Waals surface area (Å²) in [6, 6.07) is 15.3. The standard InChI is InChI=1S/C37H44ClN5O5/c1-21-32-29(42(15-6-16-44)35(21)37(46)47-3)13-12-28(38)34(32)33-22(2)41-43-20-48-31(36(33)43)14-11-26(40)19-25(39)10-9-23-17-24-7-4-5-8-27(24)30(45)18-23/h4-5,7-8,12-13,17-18,25-26,31,44-45H,6,9-11,14-16,19-20,39-40H2,1-3H3. The van der Waals surface area contributed by atoms with Gasteiger partial charge in [-0.15, -0.1) is 0 Å². The number of phenolic OH excluding ortho intramolecular Hbond substituents is 1. The molecule has 1 aliphatic rings. The van der Waals surface area contributed by atoms with Crippen LogP contribution >= 0.6 is 11.6 Å². The number of methoxy groups -OCH3 is 1. The van der Waals surface area contributed by atoms with Crippen LogP contribution < -0.4 is 11.5 Å². The summed E-state index contributed by atoms with van der Waals surface area (Å²) >= 11 is 6.97. The minimum atomic E-state index is -0.440. The van der Waals surface area contributed by atoms with Crippen LogP contribution in [0.25, 0.3) is 32.8 Å². The fourth-order valence-corrected chi connectivity index (χ4v) is 7.56. The largest absolute Gasteiger partial charge is 0.507 e. The maximum atomic E-state index is 13.0. The number of ether oxygens (including phenoxy) is 2. The highest BCUT2D eigenvalue weighted by molar-refractivity contribution is 6.35. The Bertz CT molecular complexity index is 1970. The third-order valence-corrected chi connectivity index (χ3v) is 9.89. The van der Waals surface area contributed by atoms with E-state index in [2.05, 4.69) is 6.07 Å². The smallest absolute Gasteiger partial charge is 0.354 e. The minimum absolute atomic E-state index is 0.00310. The van der Waals surface area contributed by atoms with Crippen molar-refractivity contribution in [1.82, 2.24) is 14.3 Å². The first kappa shape index (κ1) is 34.0. The number of aliphatic hydroxyl groups is 1. The molecule has 0 amide bonds. The summed E-state index contributed by atoms with van der Waals surface area (Å²) in [5.74, 6) is -0.154. The van der Waals surface area contributed by atoms with Crippen LogP contribution in [-0.2, 0) is 29.2 Å². The average molecular weight is 674 g/mol. The monoisotopic (exact) mass is 673 g/mol. The fourth-order valence-electron chi connectivity index (χ4n) is 7.31. The lowest BCUT2D eigenvalue weighted by Crippen LogP contribution is -2.32. The number of aromatic nitrogens is 3. The van der Waals surface area contributed by atoms with Gasteiger partial charge in [0.05, 0.1) is 18.5 Å². The topological polar surface area (TPSA) is 151 Å². The molecule has 0 radical (unpaired) electrons. The number of aliphatic hydroxyl groups excluding tert-OH is 1. The Balaban J connectivity index is 1.20. The van der Waals surface area contributed by atoms with Gasteiger partial charge in [-0.2, -0.15) is 5.10 Å². The number of nitrogens with zero attached hydrogens (tertiary/aromatic N) is 3. The molecule has 3 unspecified atom stereocenters. The van der Waals surface area contributed by atoms with Crippen molar-refractivity contribution in [1.29, 1.82) is 0 Å². The van der Waals surface area contributed by atoms with Crippen molar-refractivity contribution in [2.45, 2.75) is 83.8 Å². The maximum Gasteiger partial charge on any atom is 0.354 e. The highest BCUT2D eigenvalue weighted by Gasteiger charge is 2.34. The number of phenols is 1. The van der Waals surface area contributed by atoms with Gasteiger partial charge in [-0.3, -0.25) is 0 Å². The molecule has 10 nitrogen and oxygen atoms in total. The van der Waals surface area contributed by atoms with Crippen LogP contribution in [0.3, 0.4) is 0 Å². The number of carbonyl (C=O) groups is 1. The molecule has 0 aliphatic carbocycles. The second-order valence-corrected chi connectivity index (χ2v) is 13.3. The first-order valence-electron chi connectivity index (χ1n) is 16.5. The van der Waals surface area contributed by atoms with Crippen molar-refractivity contribution in [3.8, 4) is 16.9 Å². The first-order valence-corrected chi connectivity index (χ1v) is 16.9. The molecule has 48 heavy (non-hydrogen) atoms. The lowest BCUT2D eigenvalue weighted by Gasteiger charge is -2.20. The molecule has 0 bridgehead atoms. The molecule has 1 aliphatic heterocycles. The molecule has 2 aromatic heterocycles. The zero-order chi connectivity index (χ0) is 34.1. The van der Waals surface area contributed by atoms with Crippen LogP contribution in [0, 0.1) is 13.8 Å². The Morgan fingerprint density at radius 3 is 2.67 bits per heavy atom. The number of aryl methyl sites for hydroxylation is 4. The van der Waals surface area contributed by atoms with E-state index in [-0.39, 0.29) is 30.5 Å². The molecule has 11 heteroatoms. The molecule has 0 spiro atoms. The lowest BCUT2D eigenvalue weighted by molar-refractivity contribution is 0.0373. The quantitative estimate of drug-likeness (QED) is 0.107. The Labute approximate surface area is 285 Å². The zero-order valence-corrected chi connectivity index (χ0v) is 28.5. The highest BCUT2D eigenvalue weighted by Crippen LogP contribution is 2.46. The van der Waals surface area contributed by atoms with Crippen LogP contribution in [0.5, 0.6) is 5.75 Å². The van der Waals surface area contributed by atoms with E-state index in [1.807, 2.05) is 65.6 Å². The number of carbonyl (C=O) groups excluding carboxylic acids is 1. The van der Waals surface area contributed by atoms with Gasteiger partial charge in [0.25, 0.3) is 0 Å². The van der Waals surface area contributed by atoms with Gasteiger partial charge in [-0.1, -0.05) is 41.9 Å². The molecule has 5 aromatic rings. The number of benzene rings is 3. The van der Waals surface area contributed by atoms with Crippen molar-refractivity contribution < 1.29 is 24.5 Å². The number of hydrogen-bond acceptors (Lipinski definition) is 8. The van der Waals surface area contributed by atoms with Gasteiger partial charge >= 0.3 is 5.97 Å². The van der Waals surface area contributed by atoms with Gasteiger partial charge in [-0.25, -0.2) is 9.48 Å². The van der Waals surface area contributed by atoms with E-state index in [4.69, 9.17) is 37.6 Å². The Hall–Kier alpha value is -3.93. The molecule has 6 rings (SSSR count). The second kappa shape index (κ2) is 14.3. The second-order valence-electron chi connectivity index (χ2n) is 12.8. The number of hydrogen-bond donors (Lipinski definition) is 4. The fraction of sp³-hybridized carbons (Fsp3) is 0.405. The van der Waals surface area contributed by atoms with Crippen molar-refractivity contribution in [3.63, 3.8) is 0 Å². The number of halogens is 1. The molecule has 3 aromatic carbocycles. The van der Waals surface area contributed by atoms with E-state index in [0.29, 0.717) is 49.7 Å². The summed E-state index contributed by atoms with van der Waals surface area (Å²) in [6.45, 7) is 4.64. The SMILES string of the molecule is COC(=O)c1c(C)c2c(-c3c(C)nn4c3C(CCC(N)CC(N)CCc3cc(O)c5ccccc5c3)OC4)c(Cl)ccc2n1CCCO. The maximum absolute atomic E-state index is 13.0. The number of rotatable bonds is 13. The van der Waals surface area contributed by atoms with Crippen LogP contribution in [0.1, 0.15) is 71.2 Å². The Morgan fingerprint density at radius 1 is 1.12 bits per heavy atom. The van der Waals surface area contributed by atoms with Crippen molar-refractivity contribution in [2.75, 3.05) is 13.7 Å². The predicted molar refractivity (Wildman–Crippen MR) is 188 cm³/mol. The summed E-state index contributed by atoms with van der Waals surface area (Å²) in [6.07, 6.45) is 3.81. The lowest BCUT2D eigenvalue weighted by atomic mass is 9.92. The molecule has 0 saturated heterocycles. The van der Waals surface area contributed by atoms with E-state index < -0.39 is 5.97 Å². The number of aromatic hydroxyl groups is 1. The summed E-state index contributed by atoms with van der Waals surface area (Å²) in [5, 5.41) is 28.1. The van der Waals surface area contributed by atoms with Gasteiger partial charge in [0.1, 0.15) is 24.3 Å². The van der Waals surface area contributed by atoms with Crippen LogP contribution in [0.15, 0.2) is 48.5 Å². The molecular formula is C37H44ClN5O5. The van der Waals surface area contributed by atoms with Gasteiger partial charge in [0, 0.05) is 57.7 Å². The first-order chi connectivity index (χ1) is 23.1.